The minimum atomic E-state index is -0.226. The van der Waals surface area contributed by atoms with E-state index in [0.29, 0.717) is 11.6 Å². The molecule has 0 fully saturated rings. The van der Waals surface area contributed by atoms with Gasteiger partial charge in [0, 0.05) is 28.4 Å². The number of carbonyl (C=O) groups is 1. The van der Waals surface area contributed by atoms with Crippen molar-refractivity contribution in [3.8, 4) is 0 Å². The number of halogens is 1. The number of aryl methyl sites for hydroxylation is 1. The average Bonchev–Trinajstić information content (AvgIpc) is 2.92. The molecule has 0 saturated carbocycles. The van der Waals surface area contributed by atoms with Gasteiger partial charge in [-0.3, -0.25) is 4.79 Å². The van der Waals surface area contributed by atoms with Crippen molar-refractivity contribution in [3.63, 3.8) is 0 Å². The zero-order valence-corrected chi connectivity index (χ0v) is 15.2. The number of hydrogen-bond donors (Lipinski definition) is 1. The van der Waals surface area contributed by atoms with E-state index >= 15 is 0 Å². The number of nitrogens with one attached hydrogen (secondary N) is 1. The Morgan fingerprint density at radius 1 is 1.00 bits per heavy atom. The Labute approximate surface area is 158 Å². The molecule has 3 nitrogen and oxygen atoms in total. The molecule has 3 aromatic carbocycles. The number of benzene rings is 3. The SMILES string of the molecule is Cc1ccc(Cl)cc1N[C@H]1c2ccccc2C(=O)N1Cc1ccccc1. The van der Waals surface area contributed by atoms with Crippen molar-refractivity contribution in [3.05, 3.63) is 100 Å². The molecular formula is C22H19ClN2O. The molecular weight excluding hydrogens is 344 g/mol. The Kier molecular flexibility index (Phi) is 4.39. The predicted octanol–water partition coefficient (Wildman–Crippen LogP) is 5.42. The lowest BCUT2D eigenvalue weighted by atomic mass is 10.1. The molecule has 1 aliphatic rings. The minimum Gasteiger partial charge on any atom is -0.361 e. The van der Waals surface area contributed by atoms with Gasteiger partial charge in [-0.2, -0.15) is 0 Å². The van der Waals surface area contributed by atoms with Crippen LogP contribution in [0.5, 0.6) is 0 Å². The van der Waals surface area contributed by atoms with E-state index in [9.17, 15) is 4.79 Å². The first-order valence-corrected chi connectivity index (χ1v) is 8.98. The molecule has 4 rings (SSSR count). The highest BCUT2D eigenvalue weighted by molar-refractivity contribution is 6.30. The van der Waals surface area contributed by atoms with Crippen molar-refractivity contribution in [2.24, 2.45) is 0 Å². The van der Waals surface area contributed by atoms with Crippen LogP contribution in [-0.2, 0) is 6.54 Å². The lowest BCUT2D eigenvalue weighted by molar-refractivity contribution is 0.0728. The number of amides is 1. The molecule has 0 spiro atoms. The van der Waals surface area contributed by atoms with Gasteiger partial charge >= 0.3 is 0 Å². The second-order valence-electron chi connectivity index (χ2n) is 6.51. The van der Waals surface area contributed by atoms with Crippen LogP contribution in [0.3, 0.4) is 0 Å². The molecule has 0 aliphatic carbocycles. The summed E-state index contributed by atoms with van der Waals surface area (Å²) >= 11 is 6.18. The quantitative estimate of drug-likeness (QED) is 0.672. The molecule has 0 aromatic heterocycles. The topological polar surface area (TPSA) is 32.3 Å². The van der Waals surface area contributed by atoms with Crippen molar-refractivity contribution in [1.82, 2.24) is 4.90 Å². The maximum absolute atomic E-state index is 13.0. The van der Waals surface area contributed by atoms with Crippen LogP contribution < -0.4 is 5.32 Å². The van der Waals surface area contributed by atoms with Gasteiger partial charge in [0.15, 0.2) is 0 Å². The van der Waals surface area contributed by atoms with Gasteiger partial charge in [-0.1, -0.05) is 66.2 Å². The molecule has 26 heavy (non-hydrogen) atoms. The fourth-order valence-corrected chi connectivity index (χ4v) is 3.54. The summed E-state index contributed by atoms with van der Waals surface area (Å²) in [4.78, 5) is 14.9. The van der Waals surface area contributed by atoms with Gasteiger partial charge in [-0.25, -0.2) is 0 Å². The highest BCUT2D eigenvalue weighted by atomic mass is 35.5. The Balaban J connectivity index is 1.72. The molecule has 3 aromatic rings. The fourth-order valence-electron chi connectivity index (χ4n) is 3.37. The van der Waals surface area contributed by atoms with Gasteiger partial charge < -0.3 is 10.2 Å². The average molecular weight is 363 g/mol. The van der Waals surface area contributed by atoms with E-state index in [1.807, 2.05) is 84.6 Å². The molecule has 0 bridgehead atoms. The molecule has 1 N–H and O–H groups in total. The molecule has 1 atom stereocenters. The van der Waals surface area contributed by atoms with Gasteiger partial charge in [0.2, 0.25) is 0 Å². The van der Waals surface area contributed by atoms with Crippen molar-refractivity contribution in [1.29, 1.82) is 0 Å². The van der Waals surface area contributed by atoms with E-state index in [1.165, 1.54) is 0 Å². The van der Waals surface area contributed by atoms with Gasteiger partial charge in [0.1, 0.15) is 6.17 Å². The summed E-state index contributed by atoms with van der Waals surface area (Å²) in [6.45, 7) is 2.58. The third-order valence-corrected chi connectivity index (χ3v) is 4.98. The molecule has 4 heteroatoms. The number of carbonyl (C=O) groups excluding carboxylic acids is 1. The summed E-state index contributed by atoms with van der Waals surface area (Å²) in [7, 11) is 0. The standard InChI is InChI=1S/C22H19ClN2O/c1-15-11-12-17(23)13-20(15)24-21-18-9-5-6-10-19(18)22(26)25(21)14-16-7-3-2-4-8-16/h2-13,21,24H,14H2,1H3/t21-/m1/s1. The molecule has 1 aliphatic heterocycles. The zero-order chi connectivity index (χ0) is 18.1. The van der Waals surface area contributed by atoms with Crippen LogP contribution in [0.25, 0.3) is 0 Å². The smallest absolute Gasteiger partial charge is 0.256 e. The third kappa shape index (κ3) is 3.06. The minimum absolute atomic E-state index is 0.0432. The van der Waals surface area contributed by atoms with Crippen LogP contribution >= 0.6 is 11.6 Å². The first kappa shape index (κ1) is 16.7. The van der Waals surface area contributed by atoms with Crippen LogP contribution in [0.4, 0.5) is 5.69 Å². The highest BCUT2D eigenvalue weighted by Gasteiger charge is 2.36. The largest absolute Gasteiger partial charge is 0.361 e. The maximum atomic E-state index is 13.0. The van der Waals surface area contributed by atoms with Crippen LogP contribution in [-0.4, -0.2) is 10.8 Å². The van der Waals surface area contributed by atoms with Gasteiger partial charge in [-0.15, -0.1) is 0 Å². The van der Waals surface area contributed by atoms with Crippen LogP contribution in [0.15, 0.2) is 72.8 Å². The maximum Gasteiger partial charge on any atom is 0.256 e. The van der Waals surface area contributed by atoms with E-state index in [2.05, 4.69) is 5.32 Å². The van der Waals surface area contributed by atoms with Crippen molar-refractivity contribution < 1.29 is 4.79 Å². The summed E-state index contributed by atoms with van der Waals surface area (Å²) < 4.78 is 0. The van der Waals surface area contributed by atoms with Crippen molar-refractivity contribution >= 4 is 23.2 Å². The number of rotatable bonds is 4. The second-order valence-corrected chi connectivity index (χ2v) is 6.95. The Morgan fingerprint density at radius 3 is 2.54 bits per heavy atom. The summed E-state index contributed by atoms with van der Waals surface area (Å²) in [5, 5.41) is 4.20. The van der Waals surface area contributed by atoms with E-state index in [1.54, 1.807) is 0 Å². The van der Waals surface area contributed by atoms with E-state index < -0.39 is 0 Å². The summed E-state index contributed by atoms with van der Waals surface area (Å²) in [5.41, 5.74) is 4.87. The Hall–Kier alpha value is -2.78. The first-order chi connectivity index (χ1) is 12.6. The molecule has 0 radical (unpaired) electrons. The normalized spacial score (nSPS) is 15.8. The zero-order valence-electron chi connectivity index (χ0n) is 14.4. The lowest BCUT2D eigenvalue weighted by Gasteiger charge is -2.28. The molecule has 1 amide bonds. The summed E-state index contributed by atoms with van der Waals surface area (Å²) in [6.07, 6.45) is -0.226. The number of nitrogens with zero attached hydrogens (tertiary/aromatic N) is 1. The van der Waals surface area contributed by atoms with E-state index in [-0.39, 0.29) is 12.1 Å². The number of fused-ring (bicyclic) bond motifs is 1. The van der Waals surface area contributed by atoms with Crippen molar-refractivity contribution in [2.45, 2.75) is 19.6 Å². The van der Waals surface area contributed by atoms with E-state index in [4.69, 9.17) is 11.6 Å². The van der Waals surface area contributed by atoms with Crippen molar-refractivity contribution in [2.75, 3.05) is 5.32 Å². The van der Waals surface area contributed by atoms with Gasteiger partial charge in [0.25, 0.3) is 5.91 Å². The van der Waals surface area contributed by atoms with Gasteiger partial charge in [0.05, 0.1) is 0 Å². The van der Waals surface area contributed by atoms with Crippen LogP contribution in [0, 0.1) is 6.92 Å². The monoisotopic (exact) mass is 362 g/mol. The molecule has 1 heterocycles. The van der Waals surface area contributed by atoms with Crippen LogP contribution in [0.2, 0.25) is 5.02 Å². The summed E-state index contributed by atoms with van der Waals surface area (Å²) in [6, 6.07) is 23.6. The van der Waals surface area contributed by atoms with Crippen LogP contribution in [0.1, 0.15) is 33.2 Å². The predicted molar refractivity (Wildman–Crippen MR) is 105 cm³/mol. The molecule has 130 valence electrons. The van der Waals surface area contributed by atoms with E-state index in [0.717, 1.165) is 27.9 Å². The molecule has 0 saturated heterocycles. The summed E-state index contributed by atoms with van der Waals surface area (Å²) in [5.74, 6) is 0.0432. The molecule has 0 unspecified atom stereocenters. The Morgan fingerprint density at radius 2 is 1.73 bits per heavy atom. The second kappa shape index (κ2) is 6.85. The van der Waals surface area contributed by atoms with Gasteiger partial charge in [-0.05, 0) is 36.2 Å². The number of hydrogen-bond acceptors (Lipinski definition) is 2. The highest BCUT2D eigenvalue weighted by Crippen LogP contribution is 2.36. The fraction of sp³-hybridized carbons (Fsp3) is 0.136. The Bertz CT molecular complexity index is 955. The number of anilines is 1. The lowest BCUT2D eigenvalue weighted by Crippen LogP contribution is -2.32. The first-order valence-electron chi connectivity index (χ1n) is 8.60. The third-order valence-electron chi connectivity index (χ3n) is 4.75.